The Morgan fingerprint density at radius 2 is 2.46 bits per heavy atom. The first kappa shape index (κ1) is 9.98. The van der Waals surface area contributed by atoms with Gasteiger partial charge in [0.1, 0.15) is 0 Å². The van der Waals surface area contributed by atoms with Gasteiger partial charge in [0.2, 0.25) is 5.91 Å². The number of rotatable bonds is 2. The second kappa shape index (κ2) is 4.81. The third-order valence-corrected chi connectivity index (χ3v) is 2.72. The van der Waals surface area contributed by atoms with Crippen LogP contribution in [0.15, 0.2) is 27.1 Å². The number of thiophene rings is 1. The van der Waals surface area contributed by atoms with E-state index in [0.717, 1.165) is 8.66 Å². The van der Waals surface area contributed by atoms with Crippen molar-refractivity contribution in [3.05, 3.63) is 37.3 Å². The van der Waals surface area contributed by atoms with Crippen LogP contribution in [0.1, 0.15) is 4.88 Å². The molecule has 0 aliphatic rings. The number of hydrogen-bond acceptors (Lipinski definition) is 2. The Morgan fingerprint density at radius 1 is 1.69 bits per heavy atom. The minimum Gasteiger partial charge on any atom is -0.288 e. The minimum atomic E-state index is -0.591. The molecule has 0 N–H and O–H groups in total. The average Bonchev–Trinajstić information content (AvgIpc) is 2.49. The zero-order chi connectivity index (χ0) is 9.68. The minimum absolute atomic E-state index is 0.591. The molecule has 66 valence electrons. The quantitative estimate of drug-likeness (QED) is 0.347. The van der Waals surface area contributed by atoms with Crippen LogP contribution in [0.4, 0.5) is 0 Å². The molecule has 0 spiro atoms. The van der Waals surface area contributed by atoms with Crippen molar-refractivity contribution in [2.75, 3.05) is 0 Å². The summed E-state index contributed by atoms with van der Waals surface area (Å²) in [5, 5.41) is 2.89. The SMILES string of the molecule is [N-]=[N+]=NC(=O)/C=C/c1ccc(Br)s1. The first-order valence-corrected chi connectivity index (χ1v) is 4.86. The normalized spacial score (nSPS) is 9.92. The van der Waals surface area contributed by atoms with Crippen LogP contribution in [0.25, 0.3) is 16.5 Å². The molecule has 6 heteroatoms. The van der Waals surface area contributed by atoms with Gasteiger partial charge in [0, 0.05) is 9.79 Å². The maximum atomic E-state index is 10.7. The molecule has 0 fully saturated rings. The smallest absolute Gasteiger partial charge is 0.242 e. The van der Waals surface area contributed by atoms with Gasteiger partial charge in [0.05, 0.1) is 3.79 Å². The molecule has 0 radical (unpaired) electrons. The standard InChI is InChI=1S/C7H4BrN3OS/c8-6-3-1-5(13-6)2-4-7(12)10-11-9/h1-4H/b4-2+. The van der Waals surface area contributed by atoms with E-state index in [4.69, 9.17) is 5.53 Å². The van der Waals surface area contributed by atoms with Crippen molar-refractivity contribution in [1.82, 2.24) is 0 Å². The molecule has 1 rings (SSSR count). The second-order valence-corrected chi connectivity index (χ2v) is 4.50. The number of carbonyl (C=O) groups excluding carboxylic acids is 1. The Morgan fingerprint density at radius 3 is 3.00 bits per heavy atom. The van der Waals surface area contributed by atoms with E-state index in [1.54, 1.807) is 6.08 Å². The second-order valence-electron chi connectivity index (χ2n) is 2.00. The summed E-state index contributed by atoms with van der Waals surface area (Å²) in [6.45, 7) is 0. The Kier molecular flexibility index (Phi) is 3.70. The summed E-state index contributed by atoms with van der Waals surface area (Å²) in [4.78, 5) is 14.0. The Balaban J connectivity index is 2.68. The van der Waals surface area contributed by atoms with Gasteiger partial charge >= 0.3 is 0 Å². The Labute approximate surface area is 86.6 Å². The van der Waals surface area contributed by atoms with E-state index in [0.29, 0.717) is 0 Å². The highest BCUT2D eigenvalue weighted by Gasteiger charge is 1.93. The molecule has 1 amide bonds. The first-order chi connectivity index (χ1) is 6.22. The van der Waals surface area contributed by atoms with E-state index in [2.05, 4.69) is 26.0 Å². The number of carbonyl (C=O) groups is 1. The zero-order valence-electron chi connectivity index (χ0n) is 6.35. The molecule has 13 heavy (non-hydrogen) atoms. The van der Waals surface area contributed by atoms with Crippen molar-refractivity contribution in [2.24, 2.45) is 5.11 Å². The van der Waals surface area contributed by atoms with Crippen molar-refractivity contribution in [1.29, 1.82) is 0 Å². The van der Waals surface area contributed by atoms with Gasteiger partial charge in [-0.1, -0.05) is 0 Å². The van der Waals surface area contributed by atoms with Crippen LogP contribution < -0.4 is 0 Å². The first-order valence-electron chi connectivity index (χ1n) is 3.25. The van der Waals surface area contributed by atoms with E-state index in [-0.39, 0.29) is 0 Å². The highest BCUT2D eigenvalue weighted by molar-refractivity contribution is 9.11. The lowest BCUT2D eigenvalue weighted by atomic mass is 10.4. The van der Waals surface area contributed by atoms with Crippen LogP contribution in [0, 0.1) is 0 Å². The van der Waals surface area contributed by atoms with Crippen LogP contribution >= 0.6 is 27.3 Å². The Bertz CT molecular complexity index is 392. The van der Waals surface area contributed by atoms with Gasteiger partial charge in [0.15, 0.2) is 0 Å². The maximum absolute atomic E-state index is 10.7. The number of nitrogens with zero attached hydrogens (tertiary/aromatic N) is 3. The molecule has 1 aromatic rings. The molecule has 0 aromatic carbocycles. The largest absolute Gasteiger partial charge is 0.288 e. The molecule has 0 saturated carbocycles. The van der Waals surface area contributed by atoms with Crippen molar-refractivity contribution in [2.45, 2.75) is 0 Å². The van der Waals surface area contributed by atoms with Gasteiger partial charge in [0.25, 0.3) is 0 Å². The van der Waals surface area contributed by atoms with Gasteiger partial charge in [-0.05, 0) is 50.9 Å². The fraction of sp³-hybridized carbons (Fsp3) is 0. The number of amides is 1. The van der Waals surface area contributed by atoms with Crippen LogP contribution in [0.2, 0.25) is 0 Å². The molecule has 0 aliphatic carbocycles. The summed E-state index contributed by atoms with van der Waals surface area (Å²) >= 11 is 4.78. The lowest BCUT2D eigenvalue weighted by molar-refractivity contribution is -0.113. The number of azide groups is 1. The molecule has 0 atom stereocenters. The number of halogens is 1. The summed E-state index contributed by atoms with van der Waals surface area (Å²) in [6, 6.07) is 3.73. The van der Waals surface area contributed by atoms with Crippen LogP contribution in [0.3, 0.4) is 0 Å². The molecule has 0 aliphatic heterocycles. The molecule has 1 heterocycles. The summed E-state index contributed by atoms with van der Waals surface area (Å²) < 4.78 is 0.989. The van der Waals surface area contributed by atoms with Gasteiger partial charge in [-0.25, -0.2) is 0 Å². The summed E-state index contributed by atoms with van der Waals surface area (Å²) in [5.41, 5.74) is 7.94. The molecular formula is C7H4BrN3OS. The van der Waals surface area contributed by atoms with Crippen molar-refractivity contribution in [3.63, 3.8) is 0 Å². The summed E-state index contributed by atoms with van der Waals surface area (Å²) in [6.07, 6.45) is 2.84. The summed E-state index contributed by atoms with van der Waals surface area (Å²) in [5.74, 6) is -0.591. The lowest BCUT2D eigenvalue weighted by Crippen LogP contribution is -1.80. The zero-order valence-corrected chi connectivity index (χ0v) is 8.75. The van der Waals surface area contributed by atoms with Gasteiger partial charge in [-0.3, -0.25) is 4.79 Å². The lowest BCUT2D eigenvalue weighted by Gasteiger charge is -1.80. The van der Waals surface area contributed by atoms with Crippen molar-refractivity contribution < 1.29 is 4.79 Å². The van der Waals surface area contributed by atoms with E-state index >= 15 is 0 Å². The summed E-state index contributed by atoms with van der Waals surface area (Å²) in [7, 11) is 0. The predicted molar refractivity (Wildman–Crippen MR) is 55.2 cm³/mol. The van der Waals surface area contributed by atoms with Crippen LogP contribution in [-0.4, -0.2) is 5.91 Å². The van der Waals surface area contributed by atoms with E-state index < -0.39 is 5.91 Å². The van der Waals surface area contributed by atoms with Gasteiger partial charge in [-0.15, -0.1) is 11.3 Å². The Hall–Kier alpha value is -1.10. The molecule has 0 unspecified atom stereocenters. The third-order valence-electron chi connectivity index (χ3n) is 1.13. The fourth-order valence-electron chi connectivity index (χ4n) is 0.649. The van der Waals surface area contributed by atoms with Crippen molar-refractivity contribution in [3.8, 4) is 0 Å². The molecular weight excluding hydrogens is 254 g/mol. The maximum Gasteiger partial charge on any atom is 0.242 e. The van der Waals surface area contributed by atoms with Gasteiger partial charge in [-0.2, -0.15) is 0 Å². The monoisotopic (exact) mass is 257 g/mol. The topological polar surface area (TPSA) is 65.8 Å². The molecule has 4 nitrogen and oxygen atoms in total. The molecule has 1 aromatic heterocycles. The van der Waals surface area contributed by atoms with E-state index in [1.165, 1.54) is 17.4 Å². The van der Waals surface area contributed by atoms with E-state index in [9.17, 15) is 4.79 Å². The average molecular weight is 258 g/mol. The predicted octanol–water partition coefficient (Wildman–Crippen LogP) is 3.36. The number of hydrogen-bond donors (Lipinski definition) is 0. The molecule has 0 saturated heterocycles. The van der Waals surface area contributed by atoms with E-state index in [1.807, 2.05) is 12.1 Å². The third kappa shape index (κ3) is 3.42. The van der Waals surface area contributed by atoms with Crippen LogP contribution in [-0.2, 0) is 4.79 Å². The van der Waals surface area contributed by atoms with Crippen LogP contribution in [0.5, 0.6) is 0 Å². The fourth-order valence-corrected chi connectivity index (χ4v) is 1.98. The highest BCUT2D eigenvalue weighted by atomic mass is 79.9. The van der Waals surface area contributed by atoms with Gasteiger partial charge < -0.3 is 0 Å². The molecule has 0 bridgehead atoms. The highest BCUT2D eigenvalue weighted by Crippen LogP contribution is 2.22. The van der Waals surface area contributed by atoms with Crippen molar-refractivity contribution >= 4 is 39.2 Å².